The molecule has 0 aliphatic heterocycles. The average molecular weight is 453 g/mol. The Bertz CT molecular complexity index is 919. The first-order valence-corrected chi connectivity index (χ1v) is 11.6. The van der Waals surface area contributed by atoms with Crippen molar-refractivity contribution in [3.63, 3.8) is 0 Å². The Kier molecular flexibility index (Phi) is 10.4. The van der Waals surface area contributed by atoms with E-state index in [1.807, 2.05) is 29.2 Å². The monoisotopic (exact) mass is 452 g/mol. The SMILES string of the molecule is CCCN(CCC)C(=O)c1ccc(NC(=O)CNc2cccc(CCC(=O)N(C)C)c2)cc1. The zero-order valence-electron chi connectivity index (χ0n) is 20.2. The predicted molar refractivity (Wildman–Crippen MR) is 134 cm³/mol. The molecular formula is C26H36N4O3. The number of benzene rings is 2. The third-order valence-corrected chi connectivity index (χ3v) is 5.20. The molecular weight excluding hydrogens is 416 g/mol. The van der Waals surface area contributed by atoms with Crippen molar-refractivity contribution in [2.45, 2.75) is 39.5 Å². The molecule has 2 rings (SSSR count). The molecule has 2 N–H and O–H groups in total. The second kappa shape index (κ2) is 13.3. The Morgan fingerprint density at radius 3 is 2.15 bits per heavy atom. The van der Waals surface area contributed by atoms with Crippen molar-refractivity contribution < 1.29 is 14.4 Å². The fourth-order valence-electron chi connectivity index (χ4n) is 3.43. The summed E-state index contributed by atoms with van der Waals surface area (Å²) in [5.41, 5.74) is 3.13. The highest BCUT2D eigenvalue weighted by Crippen LogP contribution is 2.14. The second-order valence-electron chi connectivity index (χ2n) is 8.26. The molecule has 0 aliphatic carbocycles. The molecule has 33 heavy (non-hydrogen) atoms. The molecule has 0 heterocycles. The van der Waals surface area contributed by atoms with Crippen LogP contribution in [0.4, 0.5) is 11.4 Å². The van der Waals surface area contributed by atoms with Crippen LogP contribution in [0.25, 0.3) is 0 Å². The Balaban J connectivity index is 1.87. The van der Waals surface area contributed by atoms with E-state index in [2.05, 4.69) is 24.5 Å². The van der Waals surface area contributed by atoms with Crippen LogP contribution in [0.3, 0.4) is 0 Å². The fourth-order valence-corrected chi connectivity index (χ4v) is 3.43. The van der Waals surface area contributed by atoms with Gasteiger partial charge in [-0.1, -0.05) is 26.0 Å². The summed E-state index contributed by atoms with van der Waals surface area (Å²) < 4.78 is 0. The number of carbonyl (C=O) groups is 3. The van der Waals surface area contributed by atoms with Crippen LogP contribution in [0.5, 0.6) is 0 Å². The maximum Gasteiger partial charge on any atom is 0.253 e. The molecule has 0 spiro atoms. The van der Waals surface area contributed by atoms with Gasteiger partial charge in [0.25, 0.3) is 5.91 Å². The largest absolute Gasteiger partial charge is 0.376 e. The van der Waals surface area contributed by atoms with Crippen molar-refractivity contribution in [3.8, 4) is 0 Å². The summed E-state index contributed by atoms with van der Waals surface area (Å²) in [4.78, 5) is 40.3. The summed E-state index contributed by atoms with van der Waals surface area (Å²) in [5, 5.41) is 5.97. The number of rotatable bonds is 12. The van der Waals surface area contributed by atoms with Crippen LogP contribution < -0.4 is 10.6 Å². The summed E-state index contributed by atoms with van der Waals surface area (Å²) in [6.07, 6.45) is 2.94. The van der Waals surface area contributed by atoms with E-state index in [0.717, 1.165) is 37.2 Å². The van der Waals surface area contributed by atoms with E-state index < -0.39 is 0 Å². The molecule has 0 atom stereocenters. The number of aryl methyl sites for hydroxylation is 1. The van der Waals surface area contributed by atoms with E-state index in [-0.39, 0.29) is 24.3 Å². The van der Waals surface area contributed by atoms with Gasteiger partial charge >= 0.3 is 0 Å². The van der Waals surface area contributed by atoms with Gasteiger partial charge in [-0.05, 0) is 61.2 Å². The highest BCUT2D eigenvalue weighted by molar-refractivity contribution is 5.96. The standard InChI is InChI=1S/C26H36N4O3/c1-5-16-30(17-6-2)26(33)21-11-13-22(14-12-21)28-24(31)19-27-23-9-7-8-20(18-23)10-15-25(32)29(3)4/h7-9,11-14,18,27H,5-6,10,15-17,19H2,1-4H3,(H,28,31). The summed E-state index contributed by atoms with van der Waals surface area (Å²) in [5.74, 6) is -0.0739. The summed E-state index contributed by atoms with van der Waals surface area (Å²) >= 11 is 0. The number of hydrogen-bond donors (Lipinski definition) is 2. The minimum Gasteiger partial charge on any atom is -0.376 e. The van der Waals surface area contributed by atoms with Gasteiger partial charge in [-0.25, -0.2) is 0 Å². The minimum absolute atomic E-state index is 0.0189. The smallest absolute Gasteiger partial charge is 0.253 e. The Hall–Kier alpha value is -3.35. The normalized spacial score (nSPS) is 10.4. The first kappa shape index (κ1) is 25.9. The maximum absolute atomic E-state index is 12.7. The number of nitrogens with one attached hydrogen (secondary N) is 2. The zero-order chi connectivity index (χ0) is 24.2. The third kappa shape index (κ3) is 8.60. The lowest BCUT2D eigenvalue weighted by atomic mass is 10.1. The lowest BCUT2D eigenvalue weighted by molar-refractivity contribution is -0.128. The molecule has 2 aromatic carbocycles. The van der Waals surface area contributed by atoms with E-state index in [0.29, 0.717) is 24.1 Å². The molecule has 0 bridgehead atoms. The number of nitrogens with zero attached hydrogens (tertiary/aromatic N) is 2. The molecule has 7 heteroatoms. The highest BCUT2D eigenvalue weighted by Gasteiger charge is 2.14. The van der Waals surface area contributed by atoms with Crippen LogP contribution in [0.1, 0.15) is 49.0 Å². The molecule has 3 amide bonds. The van der Waals surface area contributed by atoms with Crippen LogP contribution >= 0.6 is 0 Å². The lowest BCUT2D eigenvalue weighted by Crippen LogP contribution is -2.32. The third-order valence-electron chi connectivity index (χ3n) is 5.20. The van der Waals surface area contributed by atoms with Gasteiger partial charge in [0.05, 0.1) is 6.54 Å². The van der Waals surface area contributed by atoms with Crippen LogP contribution in [0.15, 0.2) is 48.5 Å². The van der Waals surface area contributed by atoms with Crippen molar-refractivity contribution >= 4 is 29.1 Å². The first-order chi connectivity index (χ1) is 15.8. The van der Waals surface area contributed by atoms with Crippen molar-refractivity contribution in [3.05, 3.63) is 59.7 Å². The predicted octanol–water partition coefficient (Wildman–Crippen LogP) is 4.02. The van der Waals surface area contributed by atoms with E-state index in [1.54, 1.807) is 43.3 Å². The fraction of sp³-hybridized carbons (Fsp3) is 0.423. The Morgan fingerprint density at radius 1 is 0.879 bits per heavy atom. The maximum atomic E-state index is 12.7. The molecule has 0 fully saturated rings. The van der Waals surface area contributed by atoms with Gasteiger partial charge in [0.1, 0.15) is 0 Å². The summed E-state index contributed by atoms with van der Waals surface area (Å²) in [6, 6.07) is 14.7. The summed E-state index contributed by atoms with van der Waals surface area (Å²) in [6.45, 7) is 5.71. The number of anilines is 2. The molecule has 0 aromatic heterocycles. The van der Waals surface area contributed by atoms with Crippen molar-refractivity contribution in [2.24, 2.45) is 0 Å². The van der Waals surface area contributed by atoms with Gasteiger partial charge in [0.2, 0.25) is 11.8 Å². The van der Waals surface area contributed by atoms with Gasteiger partial charge < -0.3 is 20.4 Å². The van der Waals surface area contributed by atoms with Crippen LogP contribution in [0.2, 0.25) is 0 Å². The van der Waals surface area contributed by atoms with E-state index in [9.17, 15) is 14.4 Å². The number of hydrogen-bond acceptors (Lipinski definition) is 4. The zero-order valence-corrected chi connectivity index (χ0v) is 20.2. The van der Waals surface area contributed by atoms with E-state index in [1.165, 1.54) is 0 Å². The van der Waals surface area contributed by atoms with Crippen molar-refractivity contribution in [2.75, 3.05) is 44.4 Å². The van der Waals surface area contributed by atoms with Crippen molar-refractivity contribution in [1.29, 1.82) is 0 Å². The van der Waals surface area contributed by atoms with E-state index >= 15 is 0 Å². The number of amides is 3. The molecule has 0 aliphatic rings. The molecule has 178 valence electrons. The summed E-state index contributed by atoms with van der Waals surface area (Å²) in [7, 11) is 3.50. The average Bonchev–Trinajstić information content (AvgIpc) is 2.81. The molecule has 0 unspecified atom stereocenters. The molecule has 0 saturated carbocycles. The van der Waals surface area contributed by atoms with Gasteiger partial charge in [0, 0.05) is 50.5 Å². The second-order valence-corrected chi connectivity index (χ2v) is 8.26. The first-order valence-electron chi connectivity index (χ1n) is 11.6. The highest BCUT2D eigenvalue weighted by atomic mass is 16.2. The van der Waals surface area contributed by atoms with Gasteiger partial charge in [-0.3, -0.25) is 14.4 Å². The molecule has 0 saturated heterocycles. The van der Waals surface area contributed by atoms with Crippen LogP contribution in [-0.2, 0) is 16.0 Å². The van der Waals surface area contributed by atoms with Gasteiger partial charge in [0.15, 0.2) is 0 Å². The lowest BCUT2D eigenvalue weighted by Gasteiger charge is -2.21. The quantitative estimate of drug-likeness (QED) is 0.510. The Labute approximate surface area is 197 Å². The van der Waals surface area contributed by atoms with Crippen LogP contribution in [0, 0.1) is 0 Å². The molecule has 2 aromatic rings. The topological polar surface area (TPSA) is 81.8 Å². The Morgan fingerprint density at radius 2 is 1.55 bits per heavy atom. The molecule has 7 nitrogen and oxygen atoms in total. The minimum atomic E-state index is -0.180. The van der Waals surface area contributed by atoms with E-state index in [4.69, 9.17) is 0 Å². The van der Waals surface area contributed by atoms with Crippen LogP contribution in [-0.4, -0.2) is 61.3 Å². The number of carbonyl (C=O) groups excluding carboxylic acids is 3. The molecule has 0 radical (unpaired) electrons. The van der Waals surface area contributed by atoms with Crippen molar-refractivity contribution in [1.82, 2.24) is 9.80 Å². The van der Waals surface area contributed by atoms with Gasteiger partial charge in [-0.2, -0.15) is 0 Å². The van der Waals surface area contributed by atoms with Gasteiger partial charge in [-0.15, -0.1) is 0 Å².